The molecule has 126 valence electrons. The van der Waals surface area contributed by atoms with Gasteiger partial charge in [-0.05, 0) is 30.0 Å². The second-order valence-electron chi connectivity index (χ2n) is 4.84. The third-order valence-electron chi connectivity index (χ3n) is 3.08. The Bertz CT molecular complexity index is 749. The topological polar surface area (TPSA) is 101 Å². The summed E-state index contributed by atoms with van der Waals surface area (Å²) in [6, 6.07) is 5.78. The largest absolute Gasteiger partial charge is 0.352 e. The van der Waals surface area contributed by atoms with Crippen molar-refractivity contribution in [3.05, 3.63) is 55.7 Å². The highest BCUT2D eigenvalue weighted by molar-refractivity contribution is 7.08. The van der Waals surface area contributed by atoms with Crippen molar-refractivity contribution in [1.29, 1.82) is 0 Å². The number of carbonyl (C=O) groups is 2. The summed E-state index contributed by atoms with van der Waals surface area (Å²) in [5, 5.41) is 19.7. The standard InChI is InChI=1S/C15H14ClN3O4S/c16-12-4-3-11(8-13(12)19(22)23)18-14(20)2-1-6-17-15(21)10-5-7-24-9-10/h3-5,7-9H,1-2,6H2,(H,17,21)(H,18,20). The SMILES string of the molecule is O=C(CCCNC(=O)c1ccsc1)Nc1ccc(Cl)c([N+](=O)[O-])c1. The number of thiophene rings is 1. The van der Waals surface area contributed by atoms with Crippen molar-refractivity contribution in [3.63, 3.8) is 0 Å². The average molecular weight is 368 g/mol. The number of nitrogens with one attached hydrogen (secondary N) is 2. The summed E-state index contributed by atoms with van der Waals surface area (Å²) in [6.45, 7) is 0.364. The van der Waals surface area contributed by atoms with Crippen LogP contribution in [0.15, 0.2) is 35.0 Å². The van der Waals surface area contributed by atoms with Crippen molar-refractivity contribution in [3.8, 4) is 0 Å². The lowest BCUT2D eigenvalue weighted by Crippen LogP contribution is -2.25. The van der Waals surface area contributed by atoms with E-state index in [2.05, 4.69) is 10.6 Å². The molecule has 0 aliphatic carbocycles. The van der Waals surface area contributed by atoms with Gasteiger partial charge in [0.05, 0.1) is 4.92 Å². The zero-order valence-electron chi connectivity index (χ0n) is 12.5. The molecule has 9 heteroatoms. The molecule has 0 unspecified atom stereocenters. The number of rotatable bonds is 7. The number of nitrogens with zero attached hydrogens (tertiary/aromatic N) is 1. The third-order valence-corrected chi connectivity index (χ3v) is 4.08. The average Bonchev–Trinajstić information content (AvgIpc) is 3.07. The van der Waals surface area contributed by atoms with Crippen molar-refractivity contribution in [2.24, 2.45) is 0 Å². The van der Waals surface area contributed by atoms with Crippen LogP contribution in [0.2, 0.25) is 5.02 Å². The molecule has 2 amide bonds. The van der Waals surface area contributed by atoms with E-state index in [4.69, 9.17) is 11.6 Å². The number of halogens is 1. The van der Waals surface area contributed by atoms with Crippen LogP contribution in [0.25, 0.3) is 0 Å². The maximum absolute atomic E-state index is 11.8. The molecular formula is C15H14ClN3O4S. The van der Waals surface area contributed by atoms with Crippen LogP contribution in [0.4, 0.5) is 11.4 Å². The summed E-state index contributed by atoms with van der Waals surface area (Å²) < 4.78 is 0. The minimum atomic E-state index is -0.613. The maximum atomic E-state index is 11.8. The van der Waals surface area contributed by atoms with Gasteiger partial charge < -0.3 is 10.6 Å². The van der Waals surface area contributed by atoms with E-state index in [9.17, 15) is 19.7 Å². The fourth-order valence-electron chi connectivity index (χ4n) is 1.90. The number of carbonyl (C=O) groups excluding carboxylic acids is 2. The Balaban J connectivity index is 1.76. The lowest BCUT2D eigenvalue weighted by molar-refractivity contribution is -0.384. The Labute approximate surface area is 146 Å². The van der Waals surface area contributed by atoms with Crippen molar-refractivity contribution in [2.75, 3.05) is 11.9 Å². The second kappa shape index (κ2) is 8.42. The predicted molar refractivity (Wildman–Crippen MR) is 92.6 cm³/mol. The zero-order valence-corrected chi connectivity index (χ0v) is 14.0. The molecule has 0 fully saturated rings. The fourth-order valence-corrected chi connectivity index (χ4v) is 2.72. The van der Waals surface area contributed by atoms with Crippen LogP contribution in [0, 0.1) is 10.1 Å². The van der Waals surface area contributed by atoms with Crippen LogP contribution in [-0.2, 0) is 4.79 Å². The maximum Gasteiger partial charge on any atom is 0.289 e. The first kappa shape index (κ1) is 17.9. The molecule has 2 rings (SSSR count). The van der Waals surface area contributed by atoms with E-state index in [1.807, 2.05) is 5.38 Å². The van der Waals surface area contributed by atoms with Gasteiger partial charge in [0.1, 0.15) is 5.02 Å². The summed E-state index contributed by atoms with van der Waals surface area (Å²) in [6.07, 6.45) is 0.637. The smallest absolute Gasteiger partial charge is 0.289 e. The van der Waals surface area contributed by atoms with Crippen molar-refractivity contribution in [2.45, 2.75) is 12.8 Å². The van der Waals surface area contributed by atoms with E-state index in [0.717, 1.165) is 0 Å². The van der Waals surface area contributed by atoms with Gasteiger partial charge in [-0.2, -0.15) is 11.3 Å². The first-order valence-corrected chi connectivity index (χ1v) is 8.33. The Morgan fingerprint density at radius 1 is 1.29 bits per heavy atom. The Morgan fingerprint density at radius 2 is 2.08 bits per heavy atom. The van der Waals surface area contributed by atoms with E-state index >= 15 is 0 Å². The van der Waals surface area contributed by atoms with Gasteiger partial charge in [0.25, 0.3) is 11.6 Å². The Kier molecular flexibility index (Phi) is 6.28. The third kappa shape index (κ3) is 5.04. The number of nitro benzene ring substituents is 1. The highest BCUT2D eigenvalue weighted by atomic mass is 35.5. The fraction of sp³-hybridized carbons (Fsp3) is 0.200. The van der Waals surface area contributed by atoms with Crippen molar-refractivity contribution >= 4 is 46.1 Å². The molecule has 0 radical (unpaired) electrons. The van der Waals surface area contributed by atoms with Gasteiger partial charge in [-0.1, -0.05) is 11.6 Å². The minimum Gasteiger partial charge on any atom is -0.352 e. The molecule has 0 atom stereocenters. The lowest BCUT2D eigenvalue weighted by Gasteiger charge is -2.06. The molecule has 2 aromatic rings. The Hall–Kier alpha value is -2.45. The molecule has 0 bridgehead atoms. The molecule has 0 spiro atoms. The van der Waals surface area contributed by atoms with Gasteiger partial charge in [0.2, 0.25) is 5.91 Å². The summed E-state index contributed by atoms with van der Waals surface area (Å²) in [7, 11) is 0. The summed E-state index contributed by atoms with van der Waals surface area (Å²) in [4.78, 5) is 33.7. The van der Waals surface area contributed by atoms with Gasteiger partial charge in [-0.15, -0.1) is 0 Å². The Morgan fingerprint density at radius 3 is 2.75 bits per heavy atom. The van der Waals surface area contributed by atoms with E-state index in [0.29, 0.717) is 24.2 Å². The van der Waals surface area contributed by atoms with E-state index in [1.165, 1.54) is 29.5 Å². The highest BCUT2D eigenvalue weighted by Crippen LogP contribution is 2.27. The first-order valence-electron chi connectivity index (χ1n) is 7.01. The van der Waals surface area contributed by atoms with E-state index in [-0.39, 0.29) is 28.9 Å². The number of benzene rings is 1. The van der Waals surface area contributed by atoms with Crippen LogP contribution >= 0.6 is 22.9 Å². The highest BCUT2D eigenvalue weighted by Gasteiger charge is 2.14. The molecular weight excluding hydrogens is 354 g/mol. The van der Waals surface area contributed by atoms with Crippen molar-refractivity contribution < 1.29 is 14.5 Å². The molecule has 0 saturated heterocycles. The van der Waals surface area contributed by atoms with Gasteiger partial charge in [0, 0.05) is 35.7 Å². The van der Waals surface area contributed by atoms with Gasteiger partial charge in [0.15, 0.2) is 0 Å². The molecule has 0 saturated carbocycles. The van der Waals surface area contributed by atoms with Gasteiger partial charge in [-0.25, -0.2) is 0 Å². The number of nitro groups is 1. The molecule has 2 N–H and O–H groups in total. The molecule has 1 aromatic carbocycles. The molecule has 7 nitrogen and oxygen atoms in total. The molecule has 1 aromatic heterocycles. The minimum absolute atomic E-state index is 0.00846. The number of hydrogen-bond donors (Lipinski definition) is 2. The number of amides is 2. The van der Waals surface area contributed by atoms with Crippen LogP contribution in [0.3, 0.4) is 0 Å². The van der Waals surface area contributed by atoms with E-state index < -0.39 is 4.92 Å². The van der Waals surface area contributed by atoms with Gasteiger partial charge in [-0.3, -0.25) is 19.7 Å². The second-order valence-corrected chi connectivity index (χ2v) is 6.03. The normalized spacial score (nSPS) is 10.2. The summed E-state index contributed by atoms with van der Waals surface area (Å²) in [5.74, 6) is -0.471. The first-order chi connectivity index (χ1) is 11.5. The molecule has 1 heterocycles. The van der Waals surface area contributed by atoms with Gasteiger partial charge >= 0.3 is 0 Å². The molecule has 24 heavy (non-hydrogen) atoms. The van der Waals surface area contributed by atoms with Crippen LogP contribution in [0.5, 0.6) is 0 Å². The number of hydrogen-bond acceptors (Lipinski definition) is 5. The molecule has 0 aliphatic rings. The number of anilines is 1. The van der Waals surface area contributed by atoms with Crippen LogP contribution in [-0.4, -0.2) is 23.3 Å². The zero-order chi connectivity index (χ0) is 17.5. The predicted octanol–water partition coefficient (Wildman–Crippen LogP) is 3.46. The van der Waals surface area contributed by atoms with Crippen LogP contribution < -0.4 is 10.6 Å². The summed E-state index contributed by atoms with van der Waals surface area (Å²) >= 11 is 7.14. The van der Waals surface area contributed by atoms with Crippen molar-refractivity contribution in [1.82, 2.24) is 5.32 Å². The van der Waals surface area contributed by atoms with E-state index in [1.54, 1.807) is 11.4 Å². The lowest BCUT2D eigenvalue weighted by atomic mass is 10.2. The van der Waals surface area contributed by atoms with Crippen LogP contribution in [0.1, 0.15) is 23.2 Å². The monoisotopic (exact) mass is 367 g/mol. The quantitative estimate of drug-likeness (QED) is 0.444. The summed E-state index contributed by atoms with van der Waals surface area (Å²) in [5.41, 5.74) is 0.633. The molecule has 0 aliphatic heterocycles.